The second kappa shape index (κ2) is 5.34. The van der Waals surface area contributed by atoms with Crippen molar-refractivity contribution in [2.24, 2.45) is 12.8 Å². The summed E-state index contributed by atoms with van der Waals surface area (Å²) in [5, 5.41) is 4.89. The number of nitrogens with two attached hydrogens (primary N) is 1. The number of hydrogen-bond acceptors (Lipinski definition) is 2. The fourth-order valence-electron chi connectivity index (χ4n) is 1.92. The Kier molecular flexibility index (Phi) is 3.82. The van der Waals surface area contributed by atoms with E-state index < -0.39 is 0 Å². The molecule has 17 heavy (non-hydrogen) atoms. The number of nitrogens with zero attached hydrogens (tertiary/aromatic N) is 2. The quantitative estimate of drug-likeness (QED) is 0.903. The lowest BCUT2D eigenvalue weighted by Crippen LogP contribution is -2.25. The zero-order valence-corrected chi connectivity index (χ0v) is 10.6. The minimum Gasteiger partial charge on any atom is -0.327 e. The maximum absolute atomic E-state index is 6.12. The molecule has 0 aliphatic carbocycles. The van der Waals surface area contributed by atoms with Gasteiger partial charge in [0.25, 0.3) is 0 Å². The molecule has 0 amide bonds. The molecule has 90 valence electrons. The molecule has 2 aromatic rings. The van der Waals surface area contributed by atoms with Gasteiger partial charge in [0, 0.05) is 24.3 Å². The van der Waals surface area contributed by atoms with E-state index in [1.54, 1.807) is 4.68 Å². The first kappa shape index (κ1) is 12.1. The number of hydrogen-bond donors (Lipinski definition) is 1. The Morgan fingerprint density at radius 1 is 1.35 bits per heavy atom. The summed E-state index contributed by atoms with van der Waals surface area (Å²) in [6.45, 7) is 0. The monoisotopic (exact) mass is 249 g/mol. The molecular weight excluding hydrogens is 234 g/mol. The Morgan fingerprint density at radius 2 is 2.12 bits per heavy atom. The van der Waals surface area contributed by atoms with Crippen molar-refractivity contribution in [3.8, 4) is 0 Å². The Morgan fingerprint density at radius 3 is 2.76 bits per heavy atom. The van der Waals surface area contributed by atoms with Crippen molar-refractivity contribution in [2.75, 3.05) is 0 Å². The third kappa shape index (κ3) is 3.58. The van der Waals surface area contributed by atoms with Crippen LogP contribution in [0.5, 0.6) is 0 Å². The third-order valence-electron chi connectivity index (χ3n) is 2.64. The van der Waals surface area contributed by atoms with Crippen LogP contribution in [0.2, 0.25) is 5.02 Å². The highest BCUT2D eigenvalue weighted by Crippen LogP contribution is 2.13. The van der Waals surface area contributed by atoms with Crippen LogP contribution >= 0.6 is 11.6 Å². The molecule has 2 rings (SSSR count). The molecule has 3 nitrogen and oxygen atoms in total. The topological polar surface area (TPSA) is 43.8 Å². The minimum absolute atomic E-state index is 0.0951. The molecular formula is C13H16ClN3. The van der Waals surface area contributed by atoms with Gasteiger partial charge in [-0.3, -0.25) is 4.68 Å². The Balaban J connectivity index is 1.95. The number of benzene rings is 1. The van der Waals surface area contributed by atoms with Gasteiger partial charge in [-0.05, 0) is 36.1 Å². The fourth-order valence-corrected chi connectivity index (χ4v) is 2.13. The predicted octanol–water partition coefficient (Wildman–Crippen LogP) is 2.19. The van der Waals surface area contributed by atoms with Crippen LogP contribution in [0.3, 0.4) is 0 Å². The maximum atomic E-state index is 6.12. The summed E-state index contributed by atoms with van der Waals surface area (Å²) in [6.07, 6.45) is 5.52. The van der Waals surface area contributed by atoms with Crippen molar-refractivity contribution in [1.29, 1.82) is 0 Å². The van der Waals surface area contributed by atoms with E-state index in [0.29, 0.717) is 0 Å². The third-order valence-corrected chi connectivity index (χ3v) is 2.88. The summed E-state index contributed by atoms with van der Waals surface area (Å²) in [5.41, 5.74) is 8.46. The van der Waals surface area contributed by atoms with Crippen LogP contribution in [0.15, 0.2) is 36.7 Å². The lowest BCUT2D eigenvalue weighted by Gasteiger charge is -2.10. The van der Waals surface area contributed by atoms with Gasteiger partial charge in [-0.2, -0.15) is 5.10 Å². The first-order valence-electron chi connectivity index (χ1n) is 5.61. The van der Waals surface area contributed by atoms with E-state index in [1.165, 1.54) is 11.1 Å². The largest absolute Gasteiger partial charge is 0.327 e. The molecule has 0 saturated carbocycles. The van der Waals surface area contributed by atoms with Crippen molar-refractivity contribution in [3.63, 3.8) is 0 Å². The smallest absolute Gasteiger partial charge is 0.0522 e. The van der Waals surface area contributed by atoms with Crippen molar-refractivity contribution >= 4 is 11.6 Å². The molecule has 0 saturated heterocycles. The predicted molar refractivity (Wildman–Crippen MR) is 70.0 cm³/mol. The van der Waals surface area contributed by atoms with Crippen LogP contribution in [-0.2, 0) is 19.9 Å². The molecule has 2 N–H and O–H groups in total. The average Bonchev–Trinajstić information content (AvgIpc) is 2.63. The van der Waals surface area contributed by atoms with Crippen LogP contribution in [0, 0.1) is 0 Å². The normalized spacial score (nSPS) is 12.6. The zero-order chi connectivity index (χ0) is 12.3. The number of halogens is 1. The summed E-state index contributed by atoms with van der Waals surface area (Å²) < 4.78 is 1.79. The molecule has 0 spiro atoms. The summed E-state index contributed by atoms with van der Waals surface area (Å²) in [6, 6.07) is 7.93. The van der Waals surface area contributed by atoms with Crippen molar-refractivity contribution in [2.45, 2.75) is 18.9 Å². The van der Waals surface area contributed by atoms with E-state index in [4.69, 9.17) is 17.3 Å². The van der Waals surface area contributed by atoms with E-state index in [-0.39, 0.29) is 6.04 Å². The molecule has 4 heteroatoms. The first-order valence-corrected chi connectivity index (χ1v) is 5.99. The van der Waals surface area contributed by atoms with Gasteiger partial charge in [-0.15, -0.1) is 0 Å². The standard InChI is InChI=1S/C13H16ClN3/c1-17-9-11(8-16-17)7-13(15)6-10-3-2-4-12(14)5-10/h2-5,8-9,13H,6-7,15H2,1H3. The molecule has 0 bridgehead atoms. The molecule has 0 radical (unpaired) electrons. The van der Waals surface area contributed by atoms with Crippen molar-refractivity contribution in [1.82, 2.24) is 9.78 Å². The van der Waals surface area contributed by atoms with Gasteiger partial charge in [0.15, 0.2) is 0 Å². The highest BCUT2D eigenvalue weighted by atomic mass is 35.5. The minimum atomic E-state index is 0.0951. The highest BCUT2D eigenvalue weighted by Gasteiger charge is 2.07. The van der Waals surface area contributed by atoms with Gasteiger partial charge in [0.2, 0.25) is 0 Å². The molecule has 1 heterocycles. The van der Waals surface area contributed by atoms with Crippen LogP contribution in [0.1, 0.15) is 11.1 Å². The molecule has 1 aromatic heterocycles. The highest BCUT2D eigenvalue weighted by molar-refractivity contribution is 6.30. The molecule has 1 aromatic carbocycles. The zero-order valence-electron chi connectivity index (χ0n) is 9.81. The molecule has 0 fully saturated rings. The van der Waals surface area contributed by atoms with Crippen LogP contribution in [0.4, 0.5) is 0 Å². The van der Waals surface area contributed by atoms with Crippen molar-refractivity contribution < 1.29 is 0 Å². The maximum Gasteiger partial charge on any atom is 0.0522 e. The average molecular weight is 250 g/mol. The van der Waals surface area contributed by atoms with E-state index in [1.807, 2.05) is 37.6 Å². The van der Waals surface area contributed by atoms with Gasteiger partial charge in [-0.1, -0.05) is 23.7 Å². The second-order valence-corrected chi connectivity index (χ2v) is 4.76. The number of aromatic nitrogens is 2. The van der Waals surface area contributed by atoms with E-state index >= 15 is 0 Å². The van der Waals surface area contributed by atoms with Crippen LogP contribution in [0.25, 0.3) is 0 Å². The Hall–Kier alpha value is -1.32. The summed E-state index contributed by atoms with van der Waals surface area (Å²) >= 11 is 5.94. The first-order chi connectivity index (χ1) is 8.13. The van der Waals surface area contributed by atoms with Gasteiger partial charge >= 0.3 is 0 Å². The summed E-state index contributed by atoms with van der Waals surface area (Å²) in [7, 11) is 1.91. The fraction of sp³-hybridized carbons (Fsp3) is 0.308. The summed E-state index contributed by atoms with van der Waals surface area (Å²) in [4.78, 5) is 0. The molecule has 1 unspecified atom stereocenters. The molecule has 1 atom stereocenters. The Bertz CT molecular complexity index is 493. The van der Waals surface area contributed by atoms with Gasteiger partial charge in [0.1, 0.15) is 0 Å². The molecule has 0 aliphatic rings. The van der Waals surface area contributed by atoms with Gasteiger partial charge in [-0.25, -0.2) is 0 Å². The summed E-state index contributed by atoms with van der Waals surface area (Å²) in [5.74, 6) is 0. The lowest BCUT2D eigenvalue weighted by molar-refractivity contribution is 0.664. The van der Waals surface area contributed by atoms with E-state index in [9.17, 15) is 0 Å². The van der Waals surface area contributed by atoms with Gasteiger partial charge in [0.05, 0.1) is 6.20 Å². The molecule has 0 aliphatic heterocycles. The number of rotatable bonds is 4. The van der Waals surface area contributed by atoms with Crippen LogP contribution < -0.4 is 5.73 Å². The second-order valence-electron chi connectivity index (χ2n) is 4.32. The van der Waals surface area contributed by atoms with E-state index in [0.717, 1.165) is 17.9 Å². The SMILES string of the molecule is Cn1cc(CC(N)Cc2cccc(Cl)c2)cn1. The van der Waals surface area contributed by atoms with Crippen molar-refractivity contribution in [3.05, 3.63) is 52.8 Å². The Labute approximate surface area is 106 Å². The lowest BCUT2D eigenvalue weighted by atomic mass is 10.0. The van der Waals surface area contributed by atoms with Crippen LogP contribution in [-0.4, -0.2) is 15.8 Å². The van der Waals surface area contributed by atoms with Gasteiger partial charge < -0.3 is 5.73 Å². The number of aryl methyl sites for hydroxylation is 1. The van der Waals surface area contributed by atoms with E-state index in [2.05, 4.69) is 11.2 Å².